The Hall–Kier alpha value is -2.30. The van der Waals surface area contributed by atoms with Gasteiger partial charge in [0.2, 0.25) is 0 Å². The Bertz CT molecular complexity index is 706. The molecule has 20 heavy (non-hydrogen) atoms. The van der Waals surface area contributed by atoms with Gasteiger partial charge < -0.3 is 4.52 Å². The van der Waals surface area contributed by atoms with E-state index >= 15 is 0 Å². The van der Waals surface area contributed by atoms with E-state index in [0.29, 0.717) is 23.8 Å². The van der Waals surface area contributed by atoms with E-state index in [9.17, 15) is 4.79 Å². The van der Waals surface area contributed by atoms with Crippen molar-refractivity contribution in [1.29, 1.82) is 0 Å². The lowest BCUT2D eigenvalue weighted by molar-refractivity contribution is -0.118. The molecular weight excluding hydrogens is 254 g/mol. The predicted molar refractivity (Wildman–Crippen MR) is 75.1 cm³/mol. The molecule has 0 amide bonds. The second kappa shape index (κ2) is 4.37. The van der Waals surface area contributed by atoms with Crippen molar-refractivity contribution in [3.05, 3.63) is 41.7 Å². The second-order valence-corrected chi connectivity index (χ2v) is 5.10. The molecule has 0 saturated carbocycles. The Balaban J connectivity index is 2.15. The van der Waals surface area contributed by atoms with Crippen LogP contribution < -0.4 is 0 Å². The average molecular weight is 269 g/mol. The minimum atomic E-state index is -0.745. The van der Waals surface area contributed by atoms with E-state index in [1.807, 2.05) is 32.1 Å². The van der Waals surface area contributed by atoms with Crippen molar-refractivity contribution >= 4 is 17.1 Å². The molecule has 0 fully saturated rings. The molecule has 2 heterocycles. The maximum Gasteiger partial charge on any atom is 0.259 e. The van der Waals surface area contributed by atoms with Gasteiger partial charge in [-0.1, -0.05) is 24.2 Å². The first-order valence-corrected chi connectivity index (χ1v) is 6.59. The fraction of sp³-hybridized carbons (Fsp3) is 0.333. The van der Waals surface area contributed by atoms with E-state index in [0.717, 1.165) is 11.3 Å². The van der Waals surface area contributed by atoms with Gasteiger partial charge in [0.25, 0.3) is 5.89 Å². The SMILES string of the molecule is CCC1=CC(=O)C2(C)C=CC=C(c3nc(C)no3)C2=N1. The quantitative estimate of drug-likeness (QED) is 0.827. The Morgan fingerprint density at radius 2 is 2.20 bits per heavy atom. The van der Waals surface area contributed by atoms with Crippen molar-refractivity contribution in [2.24, 2.45) is 10.4 Å². The van der Waals surface area contributed by atoms with E-state index in [-0.39, 0.29) is 5.78 Å². The van der Waals surface area contributed by atoms with Gasteiger partial charge in [0.1, 0.15) is 0 Å². The third-order valence-electron chi connectivity index (χ3n) is 3.62. The van der Waals surface area contributed by atoms with Crippen molar-refractivity contribution in [2.45, 2.75) is 27.2 Å². The summed E-state index contributed by atoms with van der Waals surface area (Å²) in [6.45, 7) is 5.60. The van der Waals surface area contributed by atoms with E-state index in [2.05, 4.69) is 15.1 Å². The number of carbonyl (C=O) groups is 1. The van der Waals surface area contributed by atoms with Gasteiger partial charge in [0, 0.05) is 11.8 Å². The van der Waals surface area contributed by atoms with Crippen molar-refractivity contribution in [1.82, 2.24) is 10.1 Å². The van der Waals surface area contributed by atoms with Crippen LogP contribution in [0.15, 0.2) is 39.5 Å². The minimum Gasteiger partial charge on any atom is -0.334 e. The summed E-state index contributed by atoms with van der Waals surface area (Å²) in [5, 5.41) is 3.80. The zero-order valence-electron chi connectivity index (χ0n) is 11.7. The number of nitrogens with zero attached hydrogens (tertiary/aromatic N) is 3. The van der Waals surface area contributed by atoms with Gasteiger partial charge in [-0.05, 0) is 26.3 Å². The molecule has 0 aromatic carbocycles. The maximum absolute atomic E-state index is 12.4. The number of ketones is 1. The van der Waals surface area contributed by atoms with Crippen LogP contribution >= 0.6 is 0 Å². The summed E-state index contributed by atoms with van der Waals surface area (Å²) in [6.07, 6.45) is 7.90. The fourth-order valence-electron chi connectivity index (χ4n) is 2.39. The first-order chi connectivity index (χ1) is 9.54. The zero-order chi connectivity index (χ0) is 14.3. The third-order valence-corrected chi connectivity index (χ3v) is 3.62. The standard InChI is InChI=1S/C15H15N3O2/c1-4-10-8-12(19)15(3)7-5-6-11(13(15)17-10)14-16-9(2)18-20-14/h5-8H,4H2,1-3H3. The molecule has 1 atom stereocenters. The first kappa shape index (κ1) is 12.7. The lowest BCUT2D eigenvalue weighted by Gasteiger charge is -2.31. The van der Waals surface area contributed by atoms with Crippen LogP contribution in [-0.4, -0.2) is 21.6 Å². The van der Waals surface area contributed by atoms with Gasteiger partial charge >= 0.3 is 0 Å². The Labute approximate surface area is 116 Å². The number of aryl methyl sites for hydroxylation is 1. The number of hydrogen-bond acceptors (Lipinski definition) is 5. The lowest BCUT2D eigenvalue weighted by atomic mass is 9.73. The summed E-state index contributed by atoms with van der Waals surface area (Å²) < 4.78 is 5.23. The molecule has 1 unspecified atom stereocenters. The third kappa shape index (κ3) is 1.78. The number of aliphatic imine (C=N–C) groups is 1. The van der Waals surface area contributed by atoms with E-state index in [1.165, 1.54) is 0 Å². The Morgan fingerprint density at radius 1 is 1.40 bits per heavy atom. The minimum absolute atomic E-state index is 0.0393. The molecule has 0 N–H and O–H groups in total. The fourth-order valence-corrected chi connectivity index (χ4v) is 2.39. The molecule has 1 aromatic heterocycles. The maximum atomic E-state index is 12.4. The smallest absolute Gasteiger partial charge is 0.259 e. The monoisotopic (exact) mass is 269 g/mol. The molecular formula is C15H15N3O2. The highest BCUT2D eigenvalue weighted by molar-refractivity contribution is 6.35. The van der Waals surface area contributed by atoms with Gasteiger partial charge in [0.05, 0.1) is 16.7 Å². The van der Waals surface area contributed by atoms with Gasteiger partial charge in [-0.15, -0.1) is 0 Å². The highest BCUT2D eigenvalue weighted by Gasteiger charge is 2.42. The van der Waals surface area contributed by atoms with Crippen LogP contribution in [0, 0.1) is 12.3 Å². The predicted octanol–water partition coefficient (Wildman–Crippen LogP) is 2.66. The molecule has 1 aromatic rings. The molecule has 0 radical (unpaired) electrons. The number of aromatic nitrogens is 2. The number of fused-ring (bicyclic) bond motifs is 1. The van der Waals surface area contributed by atoms with Gasteiger partial charge in [0.15, 0.2) is 11.6 Å². The summed E-state index contributed by atoms with van der Waals surface area (Å²) in [4.78, 5) is 21.3. The summed E-state index contributed by atoms with van der Waals surface area (Å²) in [7, 11) is 0. The van der Waals surface area contributed by atoms with Crippen LogP contribution in [0.2, 0.25) is 0 Å². The van der Waals surface area contributed by atoms with Crippen LogP contribution in [0.5, 0.6) is 0 Å². The molecule has 0 saturated heterocycles. The summed E-state index contributed by atoms with van der Waals surface area (Å²) >= 11 is 0. The summed E-state index contributed by atoms with van der Waals surface area (Å²) in [5.41, 5.74) is 1.45. The molecule has 1 aliphatic carbocycles. The van der Waals surface area contributed by atoms with E-state index < -0.39 is 5.41 Å². The normalized spacial score (nSPS) is 24.9. The highest BCUT2D eigenvalue weighted by atomic mass is 16.5. The molecule has 1 aliphatic heterocycles. The van der Waals surface area contributed by atoms with Crippen molar-refractivity contribution in [3.8, 4) is 0 Å². The summed E-state index contributed by atoms with van der Waals surface area (Å²) in [5.74, 6) is 1.01. The van der Waals surface area contributed by atoms with Crippen LogP contribution in [0.1, 0.15) is 32.0 Å². The van der Waals surface area contributed by atoms with Gasteiger partial charge in [-0.3, -0.25) is 9.79 Å². The highest BCUT2D eigenvalue weighted by Crippen LogP contribution is 2.38. The van der Waals surface area contributed by atoms with Crippen molar-refractivity contribution in [3.63, 3.8) is 0 Å². The molecule has 0 spiro atoms. The van der Waals surface area contributed by atoms with Crippen LogP contribution in [0.3, 0.4) is 0 Å². The van der Waals surface area contributed by atoms with Crippen LogP contribution in [0.25, 0.3) is 5.57 Å². The van der Waals surface area contributed by atoms with Crippen molar-refractivity contribution < 1.29 is 9.32 Å². The largest absolute Gasteiger partial charge is 0.334 e. The van der Waals surface area contributed by atoms with Crippen molar-refractivity contribution in [2.75, 3.05) is 0 Å². The van der Waals surface area contributed by atoms with Crippen LogP contribution in [-0.2, 0) is 4.79 Å². The molecule has 2 aliphatic rings. The Morgan fingerprint density at radius 3 is 2.85 bits per heavy atom. The van der Waals surface area contributed by atoms with E-state index in [4.69, 9.17) is 4.52 Å². The molecule has 5 nitrogen and oxygen atoms in total. The lowest BCUT2D eigenvalue weighted by Crippen LogP contribution is -2.38. The van der Waals surface area contributed by atoms with Gasteiger partial charge in [-0.25, -0.2) is 0 Å². The first-order valence-electron chi connectivity index (χ1n) is 6.59. The number of allylic oxidation sites excluding steroid dienone is 6. The van der Waals surface area contributed by atoms with E-state index in [1.54, 1.807) is 13.0 Å². The molecule has 3 rings (SSSR count). The number of rotatable bonds is 2. The van der Waals surface area contributed by atoms with Gasteiger partial charge in [-0.2, -0.15) is 4.98 Å². The van der Waals surface area contributed by atoms with Crippen LogP contribution in [0.4, 0.5) is 0 Å². The molecule has 5 heteroatoms. The second-order valence-electron chi connectivity index (χ2n) is 5.10. The zero-order valence-corrected chi connectivity index (χ0v) is 11.7. The number of hydrogen-bond donors (Lipinski definition) is 0. The topological polar surface area (TPSA) is 68.3 Å². The molecule has 102 valence electrons. The summed E-state index contributed by atoms with van der Waals surface area (Å²) in [6, 6.07) is 0. The Kier molecular flexibility index (Phi) is 2.78. The molecule has 0 bridgehead atoms. The number of carbonyl (C=O) groups excluding carboxylic acids is 1. The average Bonchev–Trinajstić information content (AvgIpc) is 2.85.